The SMILES string of the molecule is CC[O][Al]([O]CC)[O]CC.CC[O][Al]([O]CC)[O]CC.CC[O][Al]([O]CC)[O]CC. The molecule has 0 aliphatic heterocycles. The molecule has 9 nitrogen and oxygen atoms in total. The Labute approximate surface area is 200 Å². The lowest BCUT2D eigenvalue weighted by Gasteiger charge is -2.08. The highest BCUT2D eigenvalue weighted by Crippen LogP contribution is 1.92. The summed E-state index contributed by atoms with van der Waals surface area (Å²) in [5, 5.41) is 0. The van der Waals surface area contributed by atoms with Crippen LogP contribution in [0.4, 0.5) is 0 Å². The second-order valence-electron chi connectivity index (χ2n) is 4.96. The zero-order valence-corrected chi connectivity index (χ0v) is 24.2. The van der Waals surface area contributed by atoms with Crippen LogP contribution < -0.4 is 0 Å². The summed E-state index contributed by atoms with van der Waals surface area (Å²) in [4.78, 5) is 0. The van der Waals surface area contributed by atoms with E-state index in [-0.39, 0.29) is 0 Å². The second-order valence-corrected chi connectivity index (χ2v) is 9.70. The van der Waals surface area contributed by atoms with E-state index in [0.717, 1.165) is 0 Å². The van der Waals surface area contributed by atoms with Crippen molar-refractivity contribution in [1.82, 2.24) is 0 Å². The molecule has 0 aromatic carbocycles. The lowest BCUT2D eigenvalue weighted by Crippen LogP contribution is -2.27. The minimum absolute atomic E-state index is 0.677. The van der Waals surface area contributed by atoms with Gasteiger partial charge in [-0.2, -0.15) is 0 Å². The van der Waals surface area contributed by atoms with Gasteiger partial charge in [-0.1, -0.05) is 0 Å². The van der Waals surface area contributed by atoms with E-state index >= 15 is 0 Å². The first kappa shape index (κ1) is 35.8. The zero-order chi connectivity index (χ0) is 23.5. The Morgan fingerprint density at radius 2 is 0.367 bits per heavy atom. The van der Waals surface area contributed by atoms with Gasteiger partial charge in [-0.15, -0.1) is 0 Å². The number of rotatable bonds is 18. The van der Waals surface area contributed by atoms with Crippen LogP contribution in [-0.4, -0.2) is 105 Å². The molecule has 0 spiro atoms. The van der Waals surface area contributed by atoms with Gasteiger partial charge < -0.3 is 34.1 Å². The van der Waals surface area contributed by atoms with Crippen LogP contribution in [0.25, 0.3) is 0 Å². The normalized spacial score (nSPS) is 9.90. The molecule has 12 heteroatoms. The summed E-state index contributed by atoms with van der Waals surface area (Å²) in [7, 11) is 0. The van der Waals surface area contributed by atoms with Gasteiger partial charge >= 0.3 is 45.4 Å². The standard InChI is InChI=1S/9C2H5O.3Al/c9*1-2-3;;;/h9*2H2,1H3;;;/q9*-1;3*+3. The van der Waals surface area contributed by atoms with Gasteiger partial charge in [0.25, 0.3) is 0 Å². The third-order valence-electron chi connectivity index (χ3n) is 2.72. The lowest BCUT2D eigenvalue weighted by molar-refractivity contribution is 0.106. The summed E-state index contributed by atoms with van der Waals surface area (Å²) in [6.07, 6.45) is 0. The molecule has 0 heterocycles. The van der Waals surface area contributed by atoms with Crippen molar-refractivity contribution in [3.63, 3.8) is 0 Å². The molecule has 0 saturated heterocycles. The van der Waals surface area contributed by atoms with E-state index in [1.807, 2.05) is 62.3 Å². The Hall–Kier alpha value is 1.24. The van der Waals surface area contributed by atoms with Crippen molar-refractivity contribution in [2.24, 2.45) is 0 Å². The highest BCUT2D eigenvalue weighted by atomic mass is 27.3. The molecule has 0 radical (unpaired) electrons. The van der Waals surface area contributed by atoms with Crippen LogP contribution in [0.5, 0.6) is 0 Å². The van der Waals surface area contributed by atoms with Crippen LogP contribution in [0, 0.1) is 0 Å². The van der Waals surface area contributed by atoms with Gasteiger partial charge in [0.1, 0.15) is 0 Å². The Kier molecular flexibility index (Phi) is 38.7. The summed E-state index contributed by atoms with van der Waals surface area (Å²) >= 11 is -5.20. The van der Waals surface area contributed by atoms with Gasteiger partial charge in [-0.05, 0) is 62.3 Å². The largest absolute Gasteiger partial charge is 0.905 e. The Bertz CT molecular complexity index is 210. The molecular formula is C18H45Al3O9. The van der Waals surface area contributed by atoms with E-state index < -0.39 is 45.4 Å². The molecule has 180 valence electrons. The number of hydrogen-bond acceptors (Lipinski definition) is 9. The van der Waals surface area contributed by atoms with Crippen LogP contribution in [0.3, 0.4) is 0 Å². The van der Waals surface area contributed by atoms with Gasteiger partial charge in [0.2, 0.25) is 0 Å². The summed E-state index contributed by atoms with van der Waals surface area (Å²) in [5.41, 5.74) is 0. The third-order valence-corrected chi connectivity index (χ3v) is 8.17. The van der Waals surface area contributed by atoms with Gasteiger partial charge in [0.15, 0.2) is 0 Å². The molecule has 0 amide bonds. The maximum Gasteiger partial charge on any atom is 0.905 e. The quantitative estimate of drug-likeness (QED) is 0.271. The topological polar surface area (TPSA) is 83.1 Å². The molecule has 0 unspecified atom stereocenters. The van der Waals surface area contributed by atoms with E-state index in [2.05, 4.69) is 0 Å². The molecule has 0 aliphatic carbocycles. The monoisotopic (exact) mass is 486 g/mol. The molecule has 0 aromatic heterocycles. The van der Waals surface area contributed by atoms with Crippen LogP contribution in [0.15, 0.2) is 0 Å². The highest BCUT2D eigenvalue weighted by molar-refractivity contribution is 6.36. The highest BCUT2D eigenvalue weighted by Gasteiger charge is 2.29. The van der Waals surface area contributed by atoms with Crippen LogP contribution in [0.1, 0.15) is 62.3 Å². The Morgan fingerprint density at radius 3 is 0.433 bits per heavy atom. The minimum atomic E-state index is -1.73. The molecule has 0 saturated carbocycles. The predicted octanol–water partition coefficient (Wildman–Crippen LogP) is 3.24. The van der Waals surface area contributed by atoms with E-state index in [1.54, 1.807) is 0 Å². The van der Waals surface area contributed by atoms with Crippen molar-refractivity contribution in [2.45, 2.75) is 62.3 Å². The summed E-state index contributed by atoms with van der Waals surface area (Å²) in [5.74, 6) is 0. The first-order valence-corrected chi connectivity index (χ1v) is 15.3. The second kappa shape index (κ2) is 32.4. The molecule has 0 aliphatic rings. The van der Waals surface area contributed by atoms with Crippen molar-refractivity contribution in [2.75, 3.05) is 59.5 Å². The van der Waals surface area contributed by atoms with Gasteiger partial charge in [-0.3, -0.25) is 0 Å². The van der Waals surface area contributed by atoms with Gasteiger partial charge in [0.05, 0.1) is 0 Å². The van der Waals surface area contributed by atoms with Crippen LogP contribution in [-0.2, 0) is 34.1 Å². The minimum Gasteiger partial charge on any atom is -0.455 e. The fourth-order valence-corrected chi connectivity index (χ4v) is 4.97. The molecular weight excluding hydrogens is 441 g/mol. The van der Waals surface area contributed by atoms with Crippen molar-refractivity contribution in [3.05, 3.63) is 0 Å². The number of hydrogen-bond donors (Lipinski definition) is 0. The molecule has 0 fully saturated rings. The van der Waals surface area contributed by atoms with E-state index in [1.165, 1.54) is 0 Å². The molecule has 0 aromatic rings. The lowest BCUT2D eigenvalue weighted by atomic mass is 10.9. The fraction of sp³-hybridized carbons (Fsp3) is 1.00. The first-order valence-electron chi connectivity index (χ1n) is 11.1. The summed E-state index contributed by atoms with van der Waals surface area (Å²) < 4.78 is 47.0. The third kappa shape index (κ3) is 29.2. The predicted molar refractivity (Wildman–Crippen MR) is 122 cm³/mol. The van der Waals surface area contributed by atoms with Crippen LogP contribution >= 0.6 is 0 Å². The fourth-order valence-electron chi connectivity index (χ4n) is 1.66. The van der Waals surface area contributed by atoms with Crippen LogP contribution in [0.2, 0.25) is 0 Å². The summed E-state index contributed by atoms with van der Waals surface area (Å²) in [6.45, 7) is 23.6. The maximum atomic E-state index is 5.22. The van der Waals surface area contributed by atoms with Gasteiger partial charge in [-0.25, -0.2) is 0 Å². The molecule has 0 bridgehead atoms. The smallest absolute Gasteiger partial charge is 0.455 e. The Balaban J connectivity index is -0.000000364. The van der Waals surface area contributed by atoms with E-state index in [9.17, 15) is 0 Å². The molecule has 30 heavy (non-hydrogen) atoms. The van der Waals surface area contributed by atoms with Crippen molar-refractivity contribution in [1.29, 1.82) is 0 Å². The van der Waals surface area contributed by atoms with Crippen molar-refractivity contribution < 1.29 is 34.1 Å². The average molecular weight is 486 g/mol. The zero-order valence-electron chi connectivity index (χ0n) is 20.8. The summed E-state index contributed by atoms with van der Waals surface area (Å²) in [6, 6.07) is 0. The molecule has 0 rings (SSSR count). The molecule has 0 N–H and O–H groups in total. The van der Waals surface area contributed by atoms with Gasteiger partial charge in [0, 0.05) is 59.5 Å². The van der Waals surface area contributed by atoms with E-state index in [4.69, 9.17) is 34.1 Å². The van der Waals surface area contributed by atoms with Crippen molar-refractivity contribution in [3.8, 4) is 0 Å². The maximum absolute atomic E-state index is 5.22. The average Bonchev–Trinajstić information content (AvgIpc) is 2.71. The first-order chi connectivity index (χ1) is 14.5. The Morgan fingerprint density at radius 1 is 0.267 bits per heavy atom. The molecule has 0 atom stereocenters. The van der Waals surface area contributed by atoms with E-state index in [0.29, 0.717) is 59.5 Å². The van der Waals surface area contributed by atoms with Crippen molar-refractivity contribution >= 4 is 45.4 Å².